The number of anilines is 1. The van der Waals surface area contributed by atoms with Crippen LogP contribution in [0.1, 0.15) is 12.0 Å². The number of nitrogens with one attached hydrogen (secondary N) is 1. The molecule has 0 bridgehead atoms. The van der Waals surface area contributed by atoms with Gasteiger partial charge in [0.05, 0.1) is 6.04 Å². The fraction of sp³-hybridized carbons (Fsp3) is 0.417. The molecule has 1 aliphatic heterocycles. The molecule has 5 heteroatoms. The van der Waals surface area contributed by atoms with Crippen LogP contribution in [-0.4, -0.2) is 25.5 Å². The lowest BCUT2D eigenvalue weighted by Crippen LogP contribution is -2.36. The van der Waals surface area contributed by atoms with E-state index in [1.807, 2.05) is 12.1 Å². The summed E-state index contributed by atoms with van der Waals surface area (Å²) in [5.41, 5.74) is 7.34. The monoisotopic (exact) mass is 253 g/mol. The fourth-order valence-corrected chi connectivity index (χ4v) is 2.28. The number of benzene rings is 1. The highest BCUT2D eigenvalue weighted by molar-refractivity contribution is 6.31. The third-order valence-electron chi connectivity index (χ3n) is 3.11. The van der Waals surface area contributed by atoms with Crippen molar-refractivity contribution >= 4 is 23.2 Å². The minimum atomic E-state index is -0.0768. The SMILES string of the molecule is CNC1CCN(c2ccc(Cl)c(CN)c2)C1=O. The van der Waals surface area contributed by atoms with Crippen molar-refractivity contribution in [3.8, 4) is 0 Å². The number of likely N-dealkylation sites (N-methyl/N-ethyl adjacent to an activating group) is 1. The predicted octanol–water partition coefficient (Wildman–Crippen LogP) is 1.12. The Morgan fingerprint density at radius 1 is 1.59 bits per heavy atom. The van der Waals surface area contributed by atoms with E-state index in [0.717, 1.165) is 24.2 Å². The van der Waals surface area contributed by atoms with Crippen LogP contribution < -0.4 is 16.0 Å². The maximum atomic E-state index is 12.0. The number of halogens is 1. The first kappa shape index (κ1) is 12.4. The Bertz CT molecular complexity index is 436. The van der Waals surface area contributed by atoms with Crippen LogP contribution in [0.2, 0.25) is 5.02 Å². The average Bonchev–Trinajstić information content (AvgIpc) is 2.71. The van der Waals surface area contributed by atoms with E-state index in [4.69, 9.17) is 17.3 Å². The van der Waals surface area contributed by atoms with E-state index in [9.17, 15) is 4.79 Å². The lowest BCUT2D eigenvalue weighted by atomic mass is 10.2. The quantitative estimate of drug-likeness (QED) is 0.849. The fourth-order valence-electron chi connectivity index (χ4n) is 2.09. The number of nitrogens with two attached hydrogens (primary N) is 1. The number of hydrogen-bond donors (Lipinski definition) is 2. The van der Waals surface area contributed by atoms with Crippen LogP contribution in [0.4, 0.5) is 5.69 Å². The molecule has 1 aromatic carbocycles. The summed E-state index contributed by atoms with van der Waals surface area (Å²) in [6.45, 7) is 1.11. The molecule has 0 saturated carbocycles. The Morgan fingerprint density at radius 2 is 2.35 bits per heavy atom. The molecule has 3 N–H and O–H groups in total. The highest BCUT2D eigenvalue weighted by atomic mass is 35.5. The zero-order chi connectivity index (χ0) is 12.4. The van der Waals surface area contributed by atoms with Crippen LogP contribution in [0.25, 0.3) is 0 Å². The molecule has 1 amide bonds. The minimum Gasteiger partial charge on any atom is -0.326 e. The van der Waals surface area contributed by atoms with Gasteiger partial charge in [-0.1, -0.05) is 11.6 Å². The number of hydrogen-bond acceptors (Lipinski definition) is 3. The van der Waals surface area contributed by atoms with E-state index in [1.165, 1.54) is 0 Å². The van der Waals surface area contributed by atoms with Crippen LogP contribution in [0, 0.1) is 0 Å². The molecule has 92 valence electrons. The minimum absolute atomic E-state index is 0.0768. The van der Waals surface area contributed by atoms with Gasteiger partial charge in [0.25, 0.3) is 0 Å². The van der Waals surface area contributed by atoms with Gasteiger partial charge in [0, 0.05) is 23.8 Å². The number of carbonyl (C=O) groups excluding carboxylic acids is 1. The van der Waals surface area contributed by atoms with Gasteiger partial charge in [-0.3, -0.25) is 4.79 Å². The van der Waals surface area contributed by atoms with E-state index in [1.54, 1.807) is 18.0 Å². The number of rotatable bonds is 3. The van der Waals surface area contributed by atoms with Crippen LogP contribution in [0.15, 0.2) is 18.2 Å². The lowest BCUT2D eigenvalue weighted by molar-refractivity contribution is -0.118. The summed E-state index contributed by atoms with van der Waals surface area (Å²) in [4.78, 5) is 13.8. The normalized spacial score (nSPS) is 20.1. The second-order valence-electron chi connectivity index (χ2n) is 4.10. The summed E-state index contributed by atoms with van der Waals surface area (Å²) in [7, 11) is 1.80. The van der Waals surface area contributed by atoms with E-state index in [2.05, 4.69) is 5.32 Å². The Labute approximate surface area is 106 Å². The van der Waals surface area contributed by atoms with Gasteiger partial charge in [-0.25, -0.2) is 0 Å². The maximum absolute atomic E-state index is 12.0. The Balaban J connectivity index is 2.26. The third-order valence-corrected chi connectivity index (χ3v) is 3.48. The first-order chi connectivity index (χ1) is 8.17. The number of carbonyl (C=O) groups is 1. The lowest BCUT2D eigenvalue weighted by Gasteiger charge is -2.18. The zero-order valence-electron chi connectivity index (χ0n) is 9.74. The first-order valence-corrected chi connectivity index (χ1v) is 6.02. The molecule has 0 aromatic heterocycles. The highest BCUT2D eigenvalue weighted by Crippen LogP contribution is 2.26. The van der Waals surface area contributed by atoms with Gasteiger partial charge in [0.1, 0.15) is 0 Å². The van der Waals surface area contributed by atoms with Crippen molar-refractivity contribution in [2.24, 2.45) is 5.73 Å². The molecular formula is C12H16ClN3O. The molecule has 1 unspecified atom stereocenters. The molecule has 1 aromatic rings. The molecule has 4 nitrogen and oxygen atoms in total. The molecular weight excluding hydrogens is 238 g/mol. The number of amides is 1. The average molecular weight is 254 g/mol. The van der Waals surface area contributed by atoms with Gasteiger partial charge in [0.15, 0.2) is 0 Å². The summed E-state index contributed by atoms with van der Waals surface area (Å²) in [5, 5.41) is 3.66. The van der Waals surface area contributed by atoms with Crippen molar-refractivity contribution in [3.63, 3.8) is 0 Å². The van der Waals surface area contributed by atoms with Crippen LogP contribution in [-0.2, 0) is 11.3 Å². The Kier molecular flexibility index (Phi) is 3.66. The van der Waals surface area contributed by atoms with Crippen molar-refractivity contribution < 1.29 is 4.79 Å². The van der Waals surface area contributed by atoms with Crippen molar-refractivity contribution in [2.45, 2.75) is 19.0 Å². The van der Waals surface area contributed by atoms with Gasteiger partial charge in [-0.05, 0) is 37.2 Å². The molecule has 1 fully saturated rings. The molecule has 1 heterocycles. The first-order valence-electron chi connectivity index (χ1n) is 5.64. The van der Waals surface area contributed by atoms with Crippen LogP contribution in [0.3, 0.4) is 0 Å². The second kappa shape index (κ2) is 5.04. The molecule has 0 aliphatic carbocycles. The summed E-state index contributed by atoms with van der Waals surface area (Å²) < 4.78 is 0. The smallest absolute Gasteiger partial charge is 0.244 e. The van der Waals surface area contributed by atoms with Gasteiger partial charge in [-0.15, -0.1) is 0 Å². The topological polar surface area (TPSA) is 58.4 Å². The summed E-state index contributed by atoms with van der Waals surface area (Å²) in [6.07, 6.45) is 0.829. The van der Waals surface area contributed by atoms with Crippen molar-refractivity contribution in [1.82, 2.24) is 5.32 Å². The van der Waals surface area contributed by atoms with Crippen LogP contribution in [0.5, 0.6) is 0 Å². The van der Waals surface area contributed by atoms with Gasteiger partial charge in [0.2, 0.25) is 5.91 Å². The largest absolute Gasteiger partial charge is 0.326 e. The summed E-state index contributed by atoms with van der Waals surface area (Å²) in [6, 6.07) is 5.46. The molecule has 0 radical (unpaired) electrons. The van der Waals surface area contributed by atoms with Crippen molar-refractivity contribution in [1.29, 1.82) is 0 Å². The van der Waals surface area contributed by atoms with E-state index < -0.39 is 0 Å². The summed E-state index contributed by atoms with van der Waals surface area (Å²) >= 11 is 6.00. The molecule has 0 spiro atoms. The molecule has 1 saturated heterocycles. The molecule has 2 rings (SSSR count). The summed E-state index contributed by atoms with van der Waals surface area (Å²) in [5.74, 6) is 0.109. The highest BCUT2D eigenvalue weighted by Gasteiger charge is 2.31. The Morgan fingerprint density at radius 3 is 2.94 bits per heavy atom. The van der Waals surface area contributed by atoms with Gasteiger partial charge < -0.3 is 16.0 Å². The standard InChI is InChI=1S/C12H16ClN3O/c1-15-11-4-5-16(12(11)17)9-2-3-10(13)8(6-9)7-14/h2-3,6,11,15H,4-5,7,14H2,1H3. The van der Waals surface area contributed by atoms with Gasteiger partial charge >= 0.3 is 0 Å². The van der Waals surface area contributed by atoms with Gasteiger partial charge in [-0.2, -0.15) is 0 Å². The second-order valence-corrected chi connectivity index (χ2v) is 4.51. The van der Waals surface area contributed by atoms with Crippen molar-refractivity contribution in [2.75, 3.05) is 18.5 Å². The molecule has 1 aliphatic rings. The predicted molar refractivity (Wildman–Crippen MR) is 69.2 cm³/mol. The Hall–Kier alpha value is -1.10. The van der Waals surface area contributed by atoms with E-state index in [-0.39, 0.29) is 11.9 Å². The third kappa shape index (κ3) is 2.29. The maximum Gasteiger partial charge on any atom is 0.244 e. The molecule has 1 atom stereocenters. The molecule has 17 heavy (non-hydrogen) atoms. The zero-order valence-corrected chi connectivity index (χ0v) is 10.5. The van der Waals surface area contributed by atoms with Crippen molar-refractivity contribution in [3.05, 3.63) is 28.8 Å². The van der Waals surface area contributed by atoms with E-state index >= 15 is 0 Å². The van der Waals surface area contributed by atoms with E-state index in [0.29, 0.717) is 11.6 Å². The van der Waals surface area contributed by atoms with Crippen LogP contribution >= 0.6 is 11.6 Å². The number of nitrogens with zero attached hydrogens (tertiary/aromatic N) is 1.